The van der Waals surface area contributed by atoms with Gasteiger partial charge in [-0.3, -0.25) is 9.97 Å². The highest BCUT2D eigenvalue weighted by Crippen LogP contribution is 2.21. The maximum atomic E-state index is 3.10. The first-order valence-electron chi connectivity index (χ1n) is 7.91. The fourth-order valence-electron chi connectivity index (χ4n) is 2.75. The van der Waals surface area contributed by atoms with Crippen LogP contribution in [0, 0.1) is 0 Å². The number of hydrogen-bond acceptors (Lipinski definition) is 0. The second-order valence-electron chi connectivity index (χ2n) is 5.96. The Labute approximate surface area is 131 Å². The molecule has 0 aliphatic carbocycles. The van der Waals surface area contributed by atoms with E-state index in [-0.39, 0.29) is 0 Å². The molecule has 0 amide bonds. The summed E-state index contributed by atoms with van der Waals surface area (Å²) in [5, 5.41) is 0. The van der Waals surface area contributed by atoms with E-state index in [9.17, 15) is 0 Å². The lowest BCUT2D eigenvalue weighted by Crippen LogP contribution is -2.32. The van der Waals surface area contributed by atoms with Gasteiger partial charge < -0.3 is 0 Å². The largest absolute Gasteiger partial charge is 0.250 e. The van der Waals surface area contributed by atoms with Gasteiger partial charge in [-0.2, -0.15) is 0 Å². The van der Waals surface area contributed by atoms with E-state index in [2.05, 4.69) is 63.5 Å². The van der Waals surface area contributed by atoms with Gasteiger partial charge in [0.15, 0.2) is 0 Å². The molecule has 1 aromatic carbocycles. The lowest BCUT2D eigenvalue weighted by molar-refractivity contribution is -0.688. The molecule has 22 heavy (non-hydrogen) atoms. The molecule has 0 fully saturated rings. The molecule has 0 radical (unpaired) electrons. The zero-order chi connectivity index (χ0) is 15.4. The number of nitrogens with zero attached hydrogens (tertiary/aromatic N) is 2. The molecule has 114 valence electrons. The Kier molecular flexibility index (Phi) is 4.37. The van der Waals surface area contributed by atoms with Gasteiger partial charge in [0.2, 0.25) is 12.7 Å². The van der Waals surface area contributed by atoms with Crippen molar-refractivity contribution < 1.29 is 9.13 Å². The molecular weight excluding hydrogens is 272 g/mol. The maximum Gasteiger partial charge on any atom is 0.241 e. The first kappa shape index (κ1) is 14.6. The Morgan fingerprint density at radius 2 is 1.45 bits per heavy atom. The zero-order valence-corrected chi connectivity index (χ0v) is 13.3. The third-order valence-electron chi connectivity index (χ3n) is 4.19. The summed E-state index contributed by atoms with van der Waals surface area (Å²) in [4.78, 5) is 6.21. The Bertz CT molecular complexity index is 644. The van der Waals surface area contributed by atoms with E-state index in [0.717, 1.165) is 19.5 Å². The van der Waals surface area contributed by atoms with Gasteiger partial charge in [0.1, 0.15) is 37.9 Å². The summed E-state index contributed by atoms with van der Waals surface area (Å²) in [6.45, 7) is 6.35. The number of imidazole rings is 2. The van der Waals surface area contributed by atoms with Gasteiger partial charge in [-0.05, 0) is 35.1 Å². The van der Waals surface area contributed by atoms with E-state index in [0.29, 0.717) is 5.92 Å². The summed E-state index contributed by atoms with van der Waals surface area (Å²) in [5.41, 5.74) is 4.14. The Morgan fingerprint density at radius 1 is 0.909 bits per heavy atom. The van der Waals surface area contributed by atoms with E-state index < -0.39 is 0 Å². The molecular formula is C18H24N4+2. The van der Waals surface area contributed by atoms with Crippen LogP contribution in [0.25, 0.3) is 0 Å². The van der Waals surface area contributed by atoms with Crippen LogP contribution in [0.5, 0.6) is 0 Å². The van der Waals surface area contributed by atoms with Crippen LogP contribution in [0.15, 0.2) is 55.6 Å². The zero-order valence-electron chi connectivity index (χ0n) is 13.3. The number of aromatic nitrogens is 4. The molecule has 1 atom stereocenters. The van der Waals surface area contributed by atoms with E-state index in [1.54, 1.807) is 0 Å². The molecule has 0 spiro atoms. The Balaban J connectivity index is 1.90. The number of H-pyrrole nitrogens is 2. The number of aromatic amines is 2. The van der Waals surface area contributed by atoms with E-state index in [4.69, 9.17) is 0 Å². The molecule has 4 heteroatoms. The summed E-state index contributed by atoms with van der Waals surface area (Å²) in [6.07, 6.45) is 13.2. The summed E-state index contributed by atoms with van der Waals surface area (Å²) < 4.78 is 4.34. The van der Waals surface area contributed by atoms with Crippen molar-refractivity contribution in [2.24, 2.45) is 0 Å². The molecule has 0 saturated heterocycles. The Hall–Kier alpha value is -2.36. The number of nitrogens with one attached hydrogen (secondary N) is 2. The fraction of sp³-hybridized carbons (Fsp3) is 0.333. The SMILES string of the molecule is CCC(C)c1cc(C[n+]2cc[nH]c2)cc(C[n+]2cc[nH]c2)c1. The maximum absolute atomic E-state index is 3.10. The predicted molar refractivity (Wildman–Crippen MR) is 85.3 cm³/mol. The predicted octanol–water partition coefficient (Wildman–Crippen LogP) is 2.53. The summed E-state index contributed by atoms with van der Waals surface area (Å²) in [5.74, 6) is 0.589. The summed E-state index contributed by atoms with van der Waals surface area (Å²) in [6, 6.07) is 7.00. The first-order chi connectivity index (χ1) is 10.7. The van der Waals surface area contributed by atoms with Gasteiger partial charge >= 0.3 is 0 Å². The molecule has 4 nitrogen and oxygen atoms in total. The van der Waals surface area contributed by atoms with Crippen molar-refractivity contribution in [3.63, 3.8) is 0 Å². The van der Waals surface area contributed by atoms with Crippen molar-refractivity contribution in [1.82, 2.24) is 9.97 Å². The topological polar surface area (TPSA) is 39.3 Å². The van der Waals surface area contributed by atoms with E-state index in [1.807, 2.05) is 25.0 Å². The standard InChI is InChI=1S/C18H22N4/c1-3-15(2)18-9-16(11-21-6-4-19-13-21)8-17(10-18)12-22-7-5-20-14-22/h4-10,13-15H,3,11-12H2,1-2H3/p+2. The minimum atomic E-state index is 0.589. The van der Waals surface area contributed by atoms with Gasteiger partial charge in [-0.15, -0.1) is 0 Å². The first-order valence-corrected chi connectivity index (χ1v) is 7.91. The molecule has 1 unspecified atom stereocenters. The highest BCUT2D eigenvalue weighted by Gasteiger charge is 2.10. The number of benzene rings is 1. The monoisotopic (exact) mass is 296 g/mol. The fourth-order valence-corrected chi connectivity index (χ4v) is 2.75. The average molecular weight is 296 g/mol. The van der Waals surface area contributed by atoms with Crippen molar-refractivity contribution in [3.05, 3.63) is 72.3 Å². The minimum Gasteiger partial charge on any atom is -0.250 e. The second-order valence-corrected chi connectivity index (χ2v) is 5.96. The van der Waals surface area contributed by atoms with Crippen molar-refractivity contribution in [2.75, 3.05) is 0 Å². The summed E-state index contributed by atoms with van der Waals surface area (Å²) >= 11 is 0. The number of hydrogen-bond donors (Lipinski definition) is 2. The van der Waals surface area contributed by atoms with Gasteiger partial charge in [-0.1, -0.05) is 26.0 Å². The average Bonchev–Trinajstić information content (AvgIpc) is 3.20. The van der Waals surface area contributed by atoms with Gasteiger partial charge in [-0.25, -0.2) is 9.13 Å². The summed E-state index contributed by atoms with van der Waals surface area (Å²) in [7, 11) is 0. The van der Waals surface area contributed by atoms with Gasteiger partial charge in [0.25, 0.3) is 0 Å². The number of rotatable bonds is 6. The van der Waals surface area contributed by atoms with Crippen LogP contribution in [0.4, 0.5) is 0 Å². The molecule has 2 aromatic heterocycles. The normalized spacial score (nSPS) is 12.5. The second kappa shape index (κ2) is 6.60. The van der Waals surface area contributed by atoms with Crippen molar-refractivity contribution in [1.29, 1.82) is 0 Å². The van der Waals surface area contributed by atoms with Crippen LogP contribution in [0.3, 0.4) is 0 Å². The van der Waals surface area contributed by atoms with Gasteiger partial charge in [0, 0.05) is 0 Å². The van der Waals surface area contributed by atoms with Crippen molar-refractivity contribution >= 4 is 0 Å². The molecule has 3 aromatic rings. The van der Waals surface area contributed by atoms with Crippen LogP contribution in [0.2, 0.25) is 0 Å². The van der Waals surface area contributed by atoms with Crippen LogP contribution < -0.4 is 9.13 Å². The lowest BCUT2D eigenvalue weighted by atomic mass is 9.94. The van der Waals surface area contributed by atoms with Crippen LogP contribution in [0.1, 0.15) is 42.9 Å². The van der Waals surface area contributed by atoms with Crippen molar-refractivity contribution in [3.8, 4) is 0 Å². The molecule has 2 heterocycles. The van der Waals surface area contributed by atoms with Crippen LogP contribution >= 0.6 is 0 Å². The van der Waals surface area contributed by atoms with Crippen LogP contribution in [-0.4, -0.2) is 9.97 Å². The lowest BCUT2D eigenvalue weighted by Gasteiger charge is -2.13. The van der Waals surface area contributed by atoms with Gasteiger partial charge in [0.05, 0.1) is 0 Å². The molecule has 0 aliphatic rings. The third kappa shape index (κ3) is 3.45. The van der Waals surface area contributed by atoms with E-state index >= 15 is 0 Å². The minimum absolute atomic E-state index is 0.589. The highest BCUT2D eigenvalue weighted by molar-refractivity contribution is 5.31. The Morgan fingerprint density at radius 3 is 1.86 bits per heavy atom. The molecule has 0 saturated carbocycles. The molecule has 0 bridgehead atoms. The molecule has 2 N–H and O–H groups in total. The third-order valence-corrected chi connectivity index (χ3v) is 4.19. The quantitative estimate of drug-likeness (QED) is 0.656. The molecule has 0 aliphatic heterocycles. The van der Waals surface area contributed by atoms with Crippen molar-refractivity contribution in [2.45, 2.75) is 39.3 Å². The van der Waals surface area contributed by atoms with E-state index in [1.165, 1.54) is 16.7 Å². The smallest absolute Gasteiger partial charge is 0.241 e. The van der Waals surface area contributed by atoms with Crippen LogP contribution in [-0.2, 0) is 13.1 Å². The molecule has 3 rings (SSSR count). The highest BCUT2D eigenvalue weighted by atomic mass is 15.0.